The Balaban J connectivity index is 1.18. The van der Waals surface area contributed by atoms with Gasteiger partial charge in [-0.3, -0.25) is 9.78 Å². The standard InChI is InChI=1S/C17H17N7O2S/c25-17(12-6-11(21-22-12)14-2-1-5-27-14)24-8-10(9-24)16-20-15(23-26-16)13-7-18-3-4-19-13/h1-5,7,10-12,21-22H,6,8-9H2. The third-order valence-corrected chi connectivity index (χ3v) is 5.85. The van der Waals surface area contributed by atoms with Crippen LogP contribution in [0.15, 0.2) is 40.6 Å². The maximum Gasteiger partial charge on any atom is 0.241 e. The first-order valence-corrected chi connectivity index (χ1v) is 9.59. The van der Waals surface area contributed by atoms with Gasteiger partial charge in [0.05, 0.1) is 18.2 Å². The van der Waals surface area contributed by atoms with E-state index in [1.54, 1.807) is 29.9 Å². The van der Waals surface area contributed by atoms with E-state index in [1.165, 1.54) is 4.88 Å². The molecule has 2 aliphatic heterocycles. The van der Waals surface area contributed by atoms with Crippen molar-refractivity contribution in [2.24, 2.45) is 0 Å². The van der Waals surface area contributed by atoms with Crippen molar-refractivity contribution < 1.29 is 9.32 Å². The minimum absolute atomic E-state index is 0.0642. The van der Waals surface area contributed by atoms with Crippen LogP contribution in [0.5, 0.6) is 0 Å². The van der Waals surface area contributed by atoms with Gasteiger partial charge in [-0.05, 0) is 17.9 Å². The van der Waals surface area contributed by atoms with Gasteiger partial charge in [0.25, 0.3) is 0 Å². The molecule has 2 unspecified atom stereocenters. The van der Waals surface area contributed by atoms with Crippen molar-refractivity contribution in [1.29, 1.82) is 0 Å². The zero-order valence-corrected chi connectivity index (χ0v) is 15.1. The van der Waals surface area contributed by atoms with Crippen LogP contribution in [0.25, 0.3) is 11.5 Å². The number of nitrogens with one attached hydrogen (secondary N) is 2. The molecule has 138 valence electrons. The highest BCUT2D eigenvalue weighted by Crippen LogP contribution is 2.31. The summed E-state index contributed by atoms with van der Waals surface area (Å²) in [4.78, 5) is 28.3. The molecule has 0 spiro atoms. The van der Waals surface area contributed by atoms with E-state index in [-0.39, 0.29) is 23.9 Å². The number of likely N-dealkylation sites (tertiary alicyclic amines) is 1. The molecule has 3 aromatic rings. The fourth-order valence-corrected chi connectivity index (χ4v) is 4.14. The van der Waals surface area contributed by atoms with E-state index >= 15 is 0 Å². The van der Waals surface area contributed by atoms with E-state index < -0.39 is 0 Å². The molecule has 3 aromatic heterocycles. The van der Waals surface area contributed by atoms with Gasteiger partial charge in [-0.25, -0.2) is 15.8 Å². The highest BCUT2D eigenvalue weighted by Gasteiger charge is 2.40. The molecule has 0 aromatic carbocycles. The molecule has 2 N–H and O–H groups in total. The first kappa shape index (κ1) is 16.5. The summed E-state index contributed by atoms with van der Waals surface area (Å²) < 4.78 is 5.35. The Hall–Kier alpha value is -2.69. The number of rotatable bonds is 4. The number of carbonyl (C=O) groups is 1. The van der Waals surface area contributed by atoms with E-state index in [0.717, 1.165) is 6.42 Å². The molecule has 0 radical (unpaired) electrons. The first-order valence-electron chi connectivity index (χ1n) is 8.71. The maximum absolute atomic E-state index is 12.7. The van der Waals surface area contributed by atoms with E-state index in [4.69, 9.17) is 4.52 Å². The molecular formula is C17H17N7O2S. The van der Waals surface area contributed by atoms with Gasteiger partial charge in [-0.1, -0.05) is 11.2 Å². The highest BCUT2D eigenvalue weighted by molar-refractivity contribution is 7.10. The Morgan fingerprint density at radius 3 is 3.00 bits per heavy atom. The Morgan fingerprint density at radius 1 is 1.30 bits per heavy atom. The predicted molar refractivity (Wildman–Crippen MR) is 96.4 cm³/mol. The number of hydrazine groups is 1. The van der Waals surface area contributed by atoms with Crippen molar-refractivity contribution in [1.82, 2.24) is 35.9 Å². The monoisotopic (exact) mass is 383 g/mol. The second kappa shape index (κ2) is 6.80. The van der Waals surface area contributed by atoms with E-state index in [2.05, 4.69) is 37.0 Å². The van der Waals surface area contributed by atoms with Crippen LogP contribution < -0.4 is 10.9 Å². The molecule has 2 atom stereocenters. The lowest BCUT2D eigenvalue weighted by Gasteiger charge is -2.38. The Bertz CT molecular complexity index is 924. The maximum atomic E-state index is 12.7. The van der Waals surface area contributed by atoms with Crippen molar-refractivity contribution in [3.63, 3.8) is 0 Å². The van der Waals surface area contributed by atoms with Crippen molar-refractivity contribution >= 4 is 17.2 Å². The third kappa shape index (κ3) is 3.11. The Labute approximate surface area is 158 Å². The van der Waals surface area contributed by atoms with Crippen LogP contribution in [-0.4, -0.2) is 50.0 Å². The average Bonchev–Trinajstić information content (AvgIpc) is 3.41. The molecule has 0 bridgehead atoms. The van der Waals surface area contributed by atoms with Crippen LogP contribution in [0.2, 0.25) is 0 Å². The second-order valence-corrected chi connectivity index (χ2v) is 7.61. The summed E-state index contributed by atoms with van der Waals surface area (Å²) >= 11 is 1.70. The highest BCUT2D eigenvalue weighted by atomic mass is 32.1. The van der Waals surface area contributed by atoms with Gasteiger partial charge in [0, 0.05) is 30.4 Å². The fraction of sp³-hybridized carbons (Fsp3) is 0.353. The number of thiophene rings is 1. The predicted octanol–water partition coefficient (Wildman–Crippen LogP) is 1.12. The topological polar surface area (TPSA) is 109 Å². The van der Waals surface area contributed by atoms with Gasteiger partial charge < -0.3 is 9.42 Å². The fourth-order valence-electron chi connectivity index (χ4n) is 3.35. The zero-order chi connectivity index (χ0) is 18.2. The normalized spacial score (nSPS) is 22.7. The van der Waals surface area contributed by atoms with Crippen LogP contribution in [-0.2, 0) is 4.79 Å². The third-order valence-electron chi connectivity index (χ3n) is 4.86. The lowest BCUT2D eigenvalue weighted by atomic mass is 9.98. The molecule has 5 rings (SSSR count). The number of hydrogen-bond acceptors (Lipinski definition) is 9. The van der Waals surface area contributed by atoms with Crippen LogP contribution in [0.4, 0.5) is 0 Å². The number of amides is 1. The Kier molecular flexibility index (Phi) is 4.15. The lowest BCUT2D eigenvalue weighted by Crippen LogP contribution is -2.54. The number of aromatic nitrogens is 4. The molecule has 2 aliphatic rings. The summed E-state index contributed by atoms with van der Waals surface area (Å²) in [5.74, 6) is 1.12. The Morgan fingerprint density at radius 2 is 2.22 bits per heavy atom. The van der Waals surface area contributed by atoms with E-state index in [1.807, 2.05) is 16.3 Å². The van der Waals surface area contributed by atoms with Crippen LogP contribution in [0, 0.1) is 0 Å². The number of carbonyl (C=O) groups excluding carboxylic acids is 1. The first-order chi connectivity index (χ1) is 13.3. The minimum Gasteiger partial charge on any atom is -0.340 e. The molecular weight excluding hydrogens is 366 g/mol. The second-order valence-electron chi connectivity index (χ2n) is 6.63. The van der Waals surface area contributed by atoms with Gasteiger partial charge in [0.15, 0.2) is 0 Å². The van der Waals surface area contributed by atoms with Gasteiger partial charge >= 0.3 is 0 Å². The van der Waals surface area contributed by atoms with E-state index in [0.29, 0.717) is 30.5 Å². The van der Waals surface area contributed by atoms with Crippen molar-refractivity contribution in [2.75, 3.05) is 13.1 Å². The SMILES string of the molecule is O=C(C1CC(c2cccs2)NN1)N1CC(c2nc(-c3cnccn3)no2)C1. The van der Waals surface area contributed by atoms with Crippen LogP contribution in [0.1, 0.15) is 29.1 Å². The summed E-state index contributed by atoms with van der Waals surface area (Å²) in [6.07, 6.45) is 5.52. The van der Waals surface area contributed by atoms with Crippen LogP contribution in [0.3, 0.4) is 0 Å². The molecule has 27 heavy (non-hydrogen) atoms. The molecule has 10 heteroatoms. The minimum atomic E-state index is -0.212. The molecule has 9 nitrogen and oxygen atoms in total. The van der Waals surface area contributed by atoms with Crippen molar-refractivity contribution in [2.45, 2.75) is 24.4 Å². The molecule has 2 saturated heterocycles. The summed E-state index contributed by atoms with van der Waals surface area (Å²) in [6, 6.07) is 4.08. The molecule has 1 amide bonds. The molecule has 0 saturated carbocycles. The zero-order valence-electron chi connectivity index (χ0n) is 14.3. The smallest absolute Gasteiger partial charge is 0.241 e. The molecule has 5 heterocycles. The summed E-state index contributed by atoms with van der Waals surface area (Å²) in [7, 11) is 0. The van der Waals surface area contributed by atoms with E-state index in [9.17, 15) is 4.79 Å². The van der Waals surface area contributed by atoms with Gasteiger partial charge in [-0.2, -0.15) is 4.98 Å². The van der Waals surface area contributed by atoms with Gasteiger partial charge in [0.2, 0.25) is 17.6 Å². The quantitative estimate of drug-likeness (QED) is 0.690. The van der Waals surface area contributed by atoms with Gasteiger partial charge in [0.1, 0.15) is 11.7 Å². The van der Waals surface area contributed by atoms with Gasteiger partial charge in [-0.15, -0.1) is 11.3 Å². The van der Waals surface area contributed by atoms with Crippen molar-refractivity contribution in [3.8, 4) is 11.5 Å². The average molecular weight is 383 g/mol. The summed E-state index contributed by atoms with van der Waals surface area (Å²) in [6.45, 7) is 1.17. The summed E-state index contributed by atoms with van der Waals surface area (Å²) in [5.41, 5.74) is 6.91. The molecule has 2 fully saturated rings. The van der Waals surface area contributed by atoms with Crippen molar-refractivity contribution in [3.05, 3.63) is 46.9 Å². The molecule has 0 aliphatic carbocycles. The number of hydrogen-bond donors (Lipinski definition) is 2. The number of nitrogens with zero attached hydrogens (tertiary/aromatic N) is 5. The largest absolute Gasteiger partial charge is 0.340 e. The lowest BCUT2D eigenvalue weighted by molar-refractivity contribution is -0.138. The van der Waals surface area contributed by atoms with Crippen LogP contribution >= 0.6 is 11.3 Å². The summed E-state index contributed by atoms with van der Waals surface area (Å²) in [5, 5.41) is 6.01.